The molecule has 14 heteroatoms. The van der Waals surface area contributed by atoms with Crippen LogP contribution in [0.5, 0.6) is 11.5 Å². The van der Waals surface area contributed by atoms with E-state index in [1.54, 1.807) is 47.4 Å². The van der Waals surface area contributed by atoms with E-state index in [2.05, 4.69) is 20.6 Å². The van der Waals surface area contributed by atoms with Crippen LogP contribution in [-0.2, 0) is 27.7 Å². The molecule has 0 saturated carbocycles. The Labute approximate surface area is 262 Å². The minimum atomic E-state index is -3.72. The van der Waals surface area contributed by atoms with E-state index in [1.165, 1.54) is 13.3 Å². The number of hydrogen-bond donors (Lipinski definition) is 2. The van der Waals surface area contributed by atoms with Gasteiger partial charge in [-0.05, 0) is 44.5 Å². The van der Waals surface area contributed by atoms with Crippen molar-refractivity contribution in [1.82, 2.24) is 25.1 Å². The number of sulfone groups is 1. The number of pyridine rings is 2. The van der Waals surface area contributed by atoms with Crippen LogP contribution in [0.15, 0.2) is 47.8 Å². The molecule has 45 heavy (non-hydrogen) atoms. The topological polar surface area (TPSA) is 152 Å². The van der Waals surface area contributed by atoms with Gasteiger partial charge in [-0.15, -0.1) is 0 Å². The summed E-state index contributed by atoms with van der Waals surface area (Å²) in [5.41, 5.74) is 1.80. The van der Waals surface area contributed by atoms with Gasteiger partial charge in [-0.25, -0.2) is 23.2 Å². The van der Waals surface area contributed by atoms with Gasteiger partial charge < -0.3 is 29.7 Å². The van der Waals surface area contributed by atoms with Crippen LogP contribution in [-0.4, -0.2) is 85.9 Å². The van der Waals surface area contributed by atoms with Gasteiger partial charge >= 0.3 is 6.09 Å². The van der Waals surface area contributed by atoms with Gasteiger partial charge in [0.1, 0.15) is 22.9 Å². The number of nitrogens with one attached hydrogen (secondary N) is 2. The number of anilines is 2. The Kier molecular flexibility index (Phi) is 8.90. The molecule has 0 spiro atoms. The summed E-state index contributed by atoms with van der Waals surface area (Å²) >= 11 is 0. The molecule has 1 aromatic carbocycles. The van der Waals surface area contributed by atoms with Crippen molar-refractivity contribution in [2.75, 3.05) is 45.4 Å². The van der Waals surface area contributed by atoms with E-state index in [1.807, 2.05) is 26.8 Å². The number of hydrogen-bond acceptors (Lipinski definition) is 11. The predicted molar refractivity (Wildman–Crippen MR) is 167 cm³/mol. The molecule has 1 fully saturated rings. The maximum Gasteiger partial charge on any atom is 0.410 e. The normalized spacial score (nSPS) is 16.8. The molecule has 1 saturated heterocycles. The minimum Gasteiger partial charge on any atom is -0.497 e. The number of amides is 2. The van der Waals surface area contributed by atoms with Crippen molar-refractivity contribution in [2.45, 2.75) is 50.5 Å². The zero-order valence-corrected chi connectivity index (χ0v) is 27.0. The van der Waals surface area contributed by atoms with E-state index in [-0.39, 0.29) is 41.7 Å². The summed E-state index contributed by atoms with van der Waals surface area (Å²) in [6, 6.07) is 8.62. The molecule has 5 rings (SSSR count). The molecule has 2 aromatic heterocycles. The fourth-order valence-electron chi connectivity index (χ4n) is 5.43. The number of fused-ring (bicyclic) bond motifs is 1. The van der Waals surface area contributed by atoms with E-state index in [0.29, 0.717) is 48.2 Å². The number of ether oxygens (including phenoxy) is 3. The van der Waals surface area contributed by atoms with Gasteiger partial charge in [0.15, 0.2) is 14.9 Å². The van der Waals surface area contributed by atoms with Crippen molar-refractivity contribution in [2.24, 2.45) is 0 Å². The lowest BCUT2D eigenvalue weighted by atomic mass is 10.1. The summed E-state index contributed by atoms with van der Waals surface area (Å²) in [4.78, 5) is 38.7. The minimum absolute atomic E-state index is 0.0514. The number of rotatable bonds is 8. The summed E-state index contributed by atoms with van der Waals surface area (Å²) in [5.74, 6) is 1.22. The zero-order chi connectivity index (χ0) is 32.5. The maximum atomic E-state index is 13.8. The molecule has 3 aromatic rings. The van der Waals surface area contributed by atoms with Crippen molar-refractivity contribution < 1.29 is 32.2 Å². The third-order valence-electron chi connectivity index (χ3n) is 7.50. The fraction of sp³-hybridized carbons (Fsp3) is 0.419. The first-order chi connectivity index (χ1) is 21.3. The molecule has 0 aliphatic carbocycles. The molecule has 4 heterocycles. The van der Waals surface area contributed by atoms with Gasteiger partial charge in [0, 0.05) is 55.8 Å². The van der Waals surface area contributed by atoms with E-state index < -0.39 is 15.4 Å². The molecular formula is C31H38N6O7S. The number of methoxy groups -OCH3 is 2. The highest BCUT2D eigenvalue weighted by molar-refractivity contribution is 7.90. The Hall–Kier alpha value is -4.43. The van der Waals surface area contributed by atoms with Crippen molar-refractivity contribution in [3.8, 4) is 11.5 Å². The van der Waals surface area contributed by atoms with Gasteiger partial charge in [0.2, 0.25) is 0 Å². The van der Waals surface area contributed by atoms with Gasteiger partial charge in [-0.3, -0.25) is 9.69 Å². The number of aromatic nitrogens is 2. The first-order valence-electron chi connectivity index (χ1n) is 14.4. The first kappa shape index (κ1) is 32.0. The van der Waals surface area contributed by atoms with Crippen LogP contribution < -0.4 is 20.1 Å². The van der Waals surface area contributed by atoms with Crippen LogP contribution in [0.2, 0.25) is 0 Å². The summed E-state index contributed by atoms with van der Waals surface area (Å²) in [6.07, 6.45) is 3.69. The smallest absolute Gasteiger partial charge is 0.410 e. The molecule has 2 aliphatic rings. The molecule has 0 bridgehead atoms. The Bertz CT molecular complexity index is 1710. The maximum absolute atomic E-state index is 13.8. The molecular weight excluding hydrogens is 600 g/mol. The van der Waals surface area contributed by atoms with E-state index in [0.717, 1.165) is 17.4 Å². The Morgan fingerprint density at radius 2 is 1.89 bits per heavy atom. The lowest BCUT2D eigenvalue weighted by molar-refractivity contribution is 0.0117. The highest BCUT2D eigenvalue weighted by Gasteiger charge is 2.36. The molecule has 0 radical (unpaired) electrons. The lowest BCUT2D eigenvalue weighted by Gasteiger charge is -2.37. The number of nitrogens with zero attached hydrogens (tertiary/aromatic N) is 4. The molecule has 240 valence electrons. The summed E-state index contributed by atoms with van der Waals surface area (Å²) in [7, 11) is -0.639. The summed E-state index contributed by atoms with van der Waals surface area (Å²) in [5, 5.41) is 6.32. The number of benzene rings is 1. The fourth-order valence-corrected chi connectivity index (χ4v) is 6.29. The second-order valence-electron chi connectivity index (χ2n) is 11.9. The van der Waals surface area contributed by atoms with Crippen LogP contribution in [0.1, 0.15) is 53.9 Å². The van der Waals surface area contributed by atoms with Crippen LogP contribution in [0.3, 0.4) is 0 Å². The van der Waals surface area contributed by atoms with E-state index in [9.17, 15) is 18.0 Å². The SMILES string of the molecule is COc1ccc(CN2Cc3c(S(C)(=O)=O)ncc(Nc4ccc(C5CNCCN5C(=O)OC(C)(C)C)cn4)c3C2=O)c(OC)c1. The number of carbonyl (C=O) groups excluding carboxylic acids is 2. The van der Waals surface area contributed by atoms with Crippen molar-refractivity contribution >= 4 is 33.3 Å². The number of piperazine rings is 1. The van der Waals surface area contributed by atoms with Crippen LogP contribution in [0.25, 0.3) is 0 Å². The van der Waals surface area contributed by atoms with Gasteiger partial charge in [-0.2, -0.15) is 0 Å². The Balaban J connectivity index is 1.41. The summed E-state index contributed by atoms with van der Waals surface area (Å²) < 4.78 is 41.7. The molecule has 1 atom stereocenters. The molecule has 2 N–H and O–H groups in total. The van der Waals surface area contributed by atoms with Crippen LogP contribution >= 0.6 is 0 Å². The predicted octanol–water partition coefficient (Wildman–Crippen LogP) is 3.68. The first-order valence-corrected chi connectivity index (χ1v) is 16.3. The molecule has 2 amide bonds. The Morgan fingerprint density at radius 3 is 2.53 bits per heavy atom. The van der Waals surface area contributed by atoms with Crippen molar-refractivity contribution in [3.63, 3.8) is 0 Å². The van der Waals surface area contributed by atoms with Crippen LogP contribution in [0.4, 0.5) is 16.3 Å². The largest absolute Gasteiger partial charge is 0.497 e. The molecule has 13 nitrogen and oxygen atoms in total. The van der Waals surface area contributed by atoms with Crippen molar-refractivity contribution in [1.29, 1.82) is 0 Å². The van der Waals surface area contributed by atoms with E-state index in [4.69, 9.17) is 14.2 Å². The number of carbonyl (C=O) groups is 2. The highest BCUT2D eigenvalue weighted by atomic mass is 32.2. The highest BCUT2D eigenvalue weighted by Crippen LogP contribution is 2.36. The van der Waals surface area contributed by atoms with Gasteiger partial charge in [0.05, 0.1) is 44.3 Å². The second kappa shape index (κ2) is 12.5. The molecule has 2 aliphatic heterocycles. The average molecular weight is 639 g/mol. The van der Waals surface area contributed by atoms with Crippen molar-refractivity contribution in [3.05, 3.63) is 65.0 Å². The Morgan fingerprint density at radius 1 is 1.11 bits per heavy atom. The average Bonchev–Trinajstić information content (AvgIpc) is 3.32. The van der Waals surface area contributed by atoms with E-state index >= 15 is 0 Å². The second-order valence-corrected chi connectivity index (χ2v) is 13.9. The monoisotopic (exact) mass is 638 g/mol. The quantitative estimate of drug-likeness (QED) is 0.372. The zero-order valence-electron chi connectivity index (χ0n) is 26.2. The van der Waals surface area contributed by atoms with Gasteiger partial charge in [0.25, 0.3) is 5.91 Å². The van der Waals surface area contributed by atoms with Crippen LogP contribution in [0, 0.1) is 0 Å². The van der Waals surface area contributed by atoms with Gasteiger partial charge in [-0.1, -0.05) is 6.07 Å². The summed E-state index contributed by atoms with van der Waals surface area (Å²) in [6.45, 7) is 7.41. The lowest BCUT2D eigenvalue weighted by Crippen LogP contribution is -2.50. The standard InChI is InChI=1S/C31H38N6O7S/c1-31(2,3)44-30(39)37-12-11-32-16-24(37)19-8-10-26(33-14-19)35-23-15-34-28(45(6,40)41)22-18-36(29(38)27(22)23)17-20-7-9-21(42-4)13-25(20)43-5/h7-10,13-15,24,32H,11-12,16-18H2,1-6H3,(H,33,35). The third-order valence-corrected chi connectivity index (χ3v) is 8.56. The molecule has 1 unspecified atom stereocenters. The third kappa shape index (κ3) is 6.96.